The molecule has 0 spiro atoms. The fraction of sp³-hybridized carbons (Fsp3) is 0.308. The molecule has 124 valence electrons. The van der Waals surface area contributed by atoms with Crippen molar-refractivity contribution in [3.05, 3.63) is 44.4 Å². The fourth-order valence-corrected chi connectivity index (χ4v) is 2.61. The van der Waals surface area contributed by atoms with Crippen LogP contribution in [0.1, 0.15) is 5.56 Å². The maximum Gasteiger partial charge on any atom is 0.398 e. The normalized spacial score (nSPS) is 11.7. The summed E-state index contributed by atoms with van der Waals surface area (Å²) < 4.78 is 51.9. The molecule has 1 heterocycles. The van der Waals surface area contributed by atoms with Crippen molar-refractivity contribution in [2.45, 2.75) is 18.0 Å². The number of nitrogens with zero attached hydrogens (tertiary/aromatic N) is 2. The van der Waals surface area contributed by atoms with Gasteiger partial charge in [-0.25, -0.2) is 13.9 Å². The third kappa shape index (κ3) is 4.01. The number of alkyl halides is 3. The Kier molecular flexibility index (Phi) is 4.64. The van der Waals surface area contributed by atoms with E-state index < -0.39 is 29.0 Å². The molecule has 1 aromatic carbocycles. The molecule has 23 heavy (non-hydrogen) atoms. The Morgan fingerprint density at radius 1 is 1.30 bits per heavy atom. The van der Waals surface area contributed by atoms with Crippen LogP contribution >= 0.6 is 11.8 Å². The van der Waals surface area contributed by atoms with Crippen LogP contribution in [-0.2, 0) is 7.05 Å². The number of hydrogen-bond acceptors (Lipinski definition) is 4. The van der Waals surface area contributed by atoms with Gasteiger partial charge in [-0.1, -0.05) is 0 Å². The molecule has 2 aromatic rings. The van der Waals surface area contributed by atoms with Gasteiger partial charge in [0.25, 0.3) is 5.56 Å². The number of aromatic nitrogens is 3. The monoisotopic (exact) mass is 349 g/mol. The topological polar surface area (TPSA) is 67.8 Å². The highest BCUT2D eigenvalue weighted by molar-refractivity contribution is 7.99. The molecule has 10 heteroatoms. The lowest BCUT2D eigenvalue weighted by Gasteiger charge is -2.11. The lowest BCUT2D eigenvalue weighted by molar-refractivity contribution is -0.105. The minimum atomic E-state index is -4.38. The van der Waals surface area contributed by atoms with Crippen molar-refractivity contribution in [1.82, 2.24) is 14.8 Å². The summed E-state index contributed by atoms with van der Waals surface area (Å²) in [5.74, 6) is -1.95. The van der Waals surface area contributed by atoms with Gasteiger partial charge in [-0.3, -0.25) is 9.78 Å². The van der Waals surface area contributed by atoms with Crippen LogP contribution in [0.3, 0.4) is 0 Å². The molecule has 0 unspecified atom stereocenters. The van der Waals surface area contributed by atoms with Gasteiger partial charge < -0.3 is 0 Å². The summed E-state index contributed by atoms with van der Waals surface area (Å²) in [6.07, 6.45) is -4.38. The third-order valence-corrected chi connectivity index (χ3v) is 4.11. The predicted octanol–water partition coefficient (Wildman–Crippen LogP) is 2.24. The summed E-state index contributed by atoms with van der Waals surface area (Å²) in [7, 11) is 1.26. The minimum absolute atomic E-state index is 0.175. The van der Waals surface area contributed by atoms with E-state index in [1.54, 1.807) is 0 Å². The number of rotatable bonds is 3. The van der Waals surface area contributed by atoms with E-state index in [4.69, 9.17) is 0 Å². The van der Waals surface area contributed by atoms with Crippen LogP contribution in [0.5, 0.6) is 0 Å². The van der Waals surface area contributed by atoms with Crippen LogP contribution in [0, 0.1) is 12.7 Å². The van der Waals surface area contributed by atoms with E-state index in [0.29, 0.717) is 17.3 Å². The number of thioether (sulfide) groups is 1. The second kappa shape index (κ2) is 6.19. The van der Waals surface area contributed by atoms with Gasteiger partial charge in [-0.2, -0.15) is 18.3 Å². The Labute approximate surface area is 131 Å². The first-order chi connectivity index (χ1) is 10.6. The maximum absolute atomic E-state index is 14.1. The van der Waals surface area contributed by atoms with Crippen LogP contribution < -0.4 is 11.2 Å². The molecule has 0 saturated carbocycles. The van der Waals surface area contributed by atoms with Crippen LogP contribution in [0.15, 0.2) is 26.6 Å². The number of H-pyrrole nitrogens is 1. The summed E-state index contributed by atoms with van der Waals surface area (Å²) in [6.45, 7) is 1.46. The molecule has 1 N–H and O–H groups in total. The zero-order valence-electron chi connectivity index (χ0n) is 12.0. The summed E-state index contributed by atoms with van der Waals surface area (Å²) >= 11 is 0.485. The molecule has 1 aromatic heterocycles. The number of benzene rings is 1. The molecule has 0 bridgehead atoms. The summed E-state index contributed by atoms with van der Waals surface area (Å²) in [5.41, 5.74) is -2.03. The Hall–Kier alpha value is -2.10. The standard InChI is InChI=1S/C13H11F4N3O2S/c1-6-3-8(14)7(4-9(6)23-5-13(15,16)17)10-11(21)18-12(22)20(2)19-10/h3-4H,5H2,1-2H3,(H,18,21,22). The largest absolute Gasteiger partial charge is 0.398 e. The van der Waals surface area contributed by atoms with E-state index in [2.05, 4.69) is 5.10 Å². The Morgan fingerprint density at radius 3 is 2.57 bits per heavy atom. The van der Waals surface area contributed by atoms with Gasteiger partial charge in [0, 0.05) is 17.5 Å². The highest BCUT2D eigenvalue weighted by atomic mass is 32.2. The average molecular weight is 349 g/mol. The van der Waals surface area contributed by atoms with E-state index in [1.807, 2.05) is 4.98 Å². The number of halogens is 4. The van der Waals surface area contributed by atoms with E-state index >= 15 is 0 Å². The van der Waals surface area contributed by atoms with Gasteiger partial charge in [0.2, 0.25) is 0 Å². The van der Waals surface area contributed by atoms with Crippen LogP contribution in [0.4, 0.5) is 17.6 Å². The van der Waals surface area contributed by atoms with Crippen molar-refractivity contribution in [1.29, 1.82) is 0 Å². The first-order valence-corrected chi connectivity index (χ1v) is 7.25. The van der Waals surface area contributed by atoms with E-state index in [0.717, 1.165) is 16.8 Å². The van der Waals surface area contributed by atoms with Crippen molar-refractivity contribution < 1.29 is 17.6 Å². The Morgan fingerprint density at radius 2 is 1.96 bits per heavy atom. The number of aromatic amines is 1. The maximum atomic E-state index is 14.1. The van der Waals surface area contributed by atoms with Crippen LogP contribution in [-0.4, -0.2) is 26.7 Å². The van der Waals surface area contributed by atoms with Gasteiger partial charge in [-0.15, -0.1) is 11.8 Å². The number of nitrogens with one attached hydrogen (secondary N) is 1. The molecule has 0 radical (unpaired) electrons. The zero-order chi connectivity index (χ0) is 17.4. The van der Waals surface area contributed by atoms with E-state index in [1.165, 1.54) is 14.0 Å². The van der Waals surface area contributed by atoms with Crippen molar-refractivity contribution in [2.75, 3.05) is 5.75 Å². The second-order valence-corrected chi connectivity index (χ2v) is 5.75. The minimum Gasteiger partial charge on any atom is -0.271 e. The molecular weight excluding hydrogens is 338 g/mol. The molecular formula is C13H11F4N3O2S. The van der Waals surface area contributed by atoms with Gasteiger partial charge in [0.05, 0.1) is 5.75 Å². The molecule has 0 aliphatic rings. The second-order valence-electron chi connectivity index (χ2n) is 4.73. The average Bonchev–Trinajstić information content (AvgIpc) is 2.41. The molecule has 0 saturated heterocycles. The molecule has 0 fully saturated rings. The Bertz CT molecular complexity index is 858. The smallest absolute Gasteiger partial charge is 0.271 e. The lowest BCUT2D eigenvalue weighted by atomic mass is 10.1. The van der Waals surface area contributed by atoms with Gasteiger partial charge >= 0.3 is 11.9 Å². The fourth-order valence-electron chi connectivity index (χ4n) is 1.80. The lowest BCUT2D eigenvalue weighted by Crippen LogP contribution is -2.31. The number of aryl methyl sites for hydroxylation is 2. The molecule has 2 rings (SSSR count). The Balaban J connectivity index is 2.54. The predicted molar refractivity (Wildman–Crippen MR) is 77.0 cm³/mol. The quantitative estimate of drug-likeness (QED) is 0.682. The molecule has 0 atom stereocenters. The van der Waals surface area contributed by atoms with Crippen molar-refractivity contribution in [3.8, 4) is 11.3 Å². The molecule has 0 amide bonds. The summed E-state index contributed by atoms with van der Waals surface area (Å²) in [5, 5.41) is 3.67. The van der Waals surface area contributed by atoms with Gasteiger partial charge in [-0.05, 0) is 24.6 Å². The summed E-state index contributed by atoms with van der Waals surface area (Å²) in [6, 6.07) is 2.16. The van der Waals surface area contributed by atoms with Gasteiger partial charge in [0.1, 0.15) is 5.82 Å². The first kappa shape index (κ1) is 17.3. The SMILES string of the molecule is Cc1cc(F)c(-c2nn(C)c(=O)[nH]c2=O)cc1SCC(F)(F)F. The van der Waals surface area contributed by atoms with E-state index in [-0.39, 0.29) is 16.2 Å². The zero-order valence-corrected chi connectivity index (χ0v) is 12.8. The molecule has 0 aliphatic carbocycles. The third-order valence-electron chi connectivity index (χ3n) is 2.89. The van der Waals surface area contributed by atoms with Crippen LogP contribution in [0.2, 0.25) is 0 Å². The molecule has 0 aliphatic heterocycles. The highest BCUT2D eigenvalue weighted by Crippen LogP contribution is 2.32. The van der Waals surface area contributed by atoms with Gasteiger partial charge in [0.15, 0.2) is 5.69 Å². The van der Waals surface area contributed by atoms with Crippen molar-refractivity contribution >= 4 is 11.8 Å². The first-order valence-electron chi connectivity index (χ1n) is 6.26. The molecule has 5 nitrogen and oxygen atoms in total. The van der Waals surface area contributed by atoms with Crippen molar-refractivity contribution in [3.63, 3.8) is 0 Å². The number of hydrogen-bond donors (Lipinski definition) is 1. The van der Waals surface area contributed by atoms with Crippen LogP contribution in [0.25, 0.3) is 11.3 Å². The van der Waals surface area contributed by atoms with E-state index in [9.17, 15) is 27.2 Å². The van der Waals surface area contributed by atoms with Crippen molar-refractivity contribution in [2.24, 2.45) is 7.05 Å². The summed E-state index contributed by atoms with van der Waals surface area (Å²) in [4.78, 5) is 25.2. The highest BCUT2D eigenvalue weighted by Gasteiger charge is 2.28.